The predicted molar refractivity (Wildman–Crippen MR) is 130 cm³/mol. The second kappa shape index (κ2) is 9.72. The molecule has 1 aliphatic rings. The van der Waals surface area contributed by atoms with Gasteiger partial charge in [-0.1, -0.05) is 72.8 Å². The summed E-state index contributed by atoms with van der Waals surface area (Å²) < 4.78 is 26.2. The molecule has 0 saturated carbocycles. The number of aromatic hydroxyl groups is 1. The molecule has 34 heavy (non-hydrogen) atoms. The molecule has 6 nitrogen and oxygen atoms in total. The second-order valence-electron chi connectivity index (χ2n) is 7.58. The maximum Gasteiger partial charge on any atom is 0.261 e. The molecule has 4 aromatic carbocycles. The number of ketones is 2. The highest BCUT2D eigenvalue weighted by Crippen LogP contribution is 2.33. The molecule has 0 aliphatic heterocycles. The van der Waals surface area contributed by atoms with Crippen molar-refractivity contribution >= 4 is 27.3 Å². The molecule has 5 rings (SSSR count). The van der Waals surface area contributed by atoms with Crippen LogP contribution in [-0.4, -0.2) is 25.1 Å². The molecular weight excluding hydrogens is 450 g/mol. The van der Waals surface area contributed by atoms with Gasteiger partial charge in [-0.15, -0.1) is 0 Å². The van der Waals surface area contributed by atoms with Crippen LogP contribution in [0.1, 0.15) is 32.2 Å². The monoisotopic (exact) mass is 471 g/mol. The van der Waals surface area contributed by atoms with E-state index in [1.807, 2.05) is 30.3 Å². The Morgan fingerprint density at radius 2 is 1.09 bits per heavy atom. The summed E-state index contributed by atoms with van der Waals surface area (Å²) in [5, 5.41) is 9.09. The van der Waals surface area contributed by atoms with Gasteiger partial charge in [0.1, 0.15) is 11.7 Å². The van der Waals surface area contributed by atoms with Crippen molar-refractivity contribution in [3.63, 3.8) is 0 Å². The van der Waals surface area contributed by atoms with E-state index in [2.05, 4.69) is 4.72 Å². The van der Waals surface area contributed by atoms with Gasteiger partial charge in [0.15, 0.2) is 11.6 Å². The highest BCUT2D eigenvalue weighted by Gasteiger charge is 2.38. The third kappa shape index (κ3) is 4.89. The Labute approximate surface area is 197 Å². The summed E-state index contributed by atoms with van der Waals surface area (Å²) in [4.78, 5) is 24.6. The van der Waals surface area contributed by atoms with Gasteiger partial charge in [0.2, 0.25) is 0 Å². The number of carbonyl (C=O) groups is 2. The maximum atomic E-state index is 12.2. The van der Waals surface area contributed by atoms with E-state index in [4.69, 9.17) is 5.11 Å². The molecule has 0 fully saturated rings. The van der Waals surface area contributed by atoms with Gasteiger partial charge in [-0.25, -0.2) is 8.42 Å². The van der Waals surface area contributed by atoms with Crippen LogP contribution in [0.15, 0.2) is 114 Å². The van der Waals surface area contributed by atoms with Crippen LogP contribution in [0.3, 0.4) is 0 Å². The van der Waals surface area contributed by atoms with Gasteiger partial charge < -0.3 is 5.11 Å². The van der Waals surface area contributed by atoms with Crippen molar-refractivity contribution in [1.29, 1.82) is 0 Å². The molecule has 1 aliphatic carbocycles. The Kier molecular flexibility index (Phi) is 6.56. The molecule has 170 valence electrons. The van der Waals surface area contributed by atoms with Crippen LogP contribution in [-0.2, 0) is 10.0 Å². The van der Waals surface area contributed by atoms with E-state index in [0.29, 0.717) is 16.8 Å². The van der Waals surface area contributed by atoms with Gasteiger partial charge in [0.05, 0.1) is 4.90 Å². The van der Waals surface area contributed by atoms with E-state index in [9.17, 15) is 18.0 Å². The average molecular weight is 472 g/mol. The summed E-state index contributed by atoms with van der Waals surface area (Å²) in [6.07, 6.45) is 0. The van der Waals surface area contributed by atoms with Crippen LogP contribution in [0.25, 0.3) is 0 Å². The lowest BCUT2D eigenvalue weighted by Gasteiger charge is -2.07. The molecule has 0 aromatic heterocycles. The maximum absolute atomic E-state index is 12.2. The Morgan fingerprint density at radius 3 is 1.62 bits per heavy atom. The van der Waals surface area contributed by atoms with Crippen LogP contribution in [0.2, 0.25) is 0 Å². The van der Waals surface area contributed by atoms with E-state index in [1.165, 1.54) is 36.4 Å². The quantitative estimate of drug-likeness (QED) is 0.321. The SMILES string of the molecule is O=C1c2ccccc2C(=O)C1c1ccccc1.O=S(=O)(Nc1ccc(O)cc1)c1ccccc1. The first-order chi connectivity index (χ1) is 16.4. The number of fused-ring (bicyclic) bond motifs is 1. The minimum atomic E-state index is -3.56. The number of benzene rings is 4. The van der Waals surface area contributed by atoms with Crippen molar-refractivity contribution in [2.75, 3.05) is 4.72 Å². The summed E-state index contributed by atoms with van der Waals surface area (Å²) in [5.74, 6) is -0.727. The summed E-state index contributed by atoms with van der Waals surface area (Å²) >= 11 is 0. The van der Waals surface area contributed by atoms with Crippen LogP contribution >= 0.6 is 0 Å². The Balaban J connectivity index is 0.000000161. The number of hydrogen-bond donors (Lipinski definition) is 2. The molecule has 4 aromatic rings. The molecule has 0 saturated heterocycles. The van der Waals surface area contributed by atoms with Crippen molar-refractivity contribution in [3.05, 3.63) is 126 Å². The molecular formula is C27H21NO5S. The van der Waals surface area contributed by atoms with Crippen molar-refractivity contribution in [3.8, 4) is 5.75 Å². The smallest absolute Gasteiger partial charge is 0.261 e. The third-order valence-corrected chi connectivity index (χ3v) is 6.69. The molecule has 0 spiro atoms. The Hall–Kier alpha value is -4.23. The van der Waals surface area contributed by atoms with E-state index in [0.717, 1.165) is 5.56 Å². The number of nitrogens with one attached hydrogen (secondary N) is 1. The Bertz CT molecular complexity index is 1380. The van der Waals surface area contributed by atoms with Gasteiger partial charge in [-0.2, -0.15) is 0 Å². The third-order valence-electron chi connectivity index (χ3n) is 5.29. The van der Waals surface area contributed by atoms with Crippen LogP contribution in [0, 0.1) is 0 Å². The van der Waals surface area contributed by atoms with Crippen LogP contribution in [0.5, 0.6) is 5.75 Å². The summed E-state index contributed by atoms with van der Waals surface area (Å²) in [7, 11) is -3.56. The standard InChI is InChI=1S/C15H10O2.C12H11NO3S/c16-14-11-8-4-5-9-12(11)15(17)13(14)10-6-2-1-3-7-10;14-11-8-6-10(7-9-11)13-17(15,16)12-4-2-1-3-5-12/h1-9,13H;1-9,13-14H. The number of sulfonamides is 1. The van der Waals surface area contributed by atoms with Crippen molar-refractivity contribution in [1.82, 2.24) is 0 Å². The van der Waals surface area contributed by atoms with Gasteiger partial charge >= 0.3 is 0 Å². The first-order valence-electron chi connectivity index (χ1n) is 10.5. The van der Waals surface area contributed by atoms with Crippen LogP contribution < -0.4 is 4.72 Å². The number of phenolic OH excluding ortho intramolecular Hbond substituents is 1. The van der Waals surface area contributed by atoms with Gasteiger partial charge in [-0.05, 0) is 42.0 Å². The van der Waals surface area contributed by atoms with Gasteiger partial charge in [-0.3, -0.25) is 14.3 Å². The molecule has 0 radical (unpaired) electrons. The number of carbonyl (C=O) groups excluding carboxylic acids is 2. The molecule has 0 atom stereocenters. The summed E-state index contributed by atoms with van der Waals surface area (Å²) in [6, 6.07) is 30.2. The zero-order chi connectivity index (χ0) is 24.1. The lowest BCUT2D eigenvalue weighted by molar-refractivity contribution is 0.0890. The van der Waals surface area contributed by atoms with Gasteiger partial charge in [0, 0.05) is 16.8 Å². The fourth-order valence-electron chi connectivity index (χ4n) is 3.63. The van der Waals surface area contributed by atoms with Crippen molar-refractivity contribution in [2.24, 2.45) is 0 Å². The summed E-state index contributed by atoms with van der Waals surface area (Å²) in [5.41, 5.74) is 2.28. The number of phenols is 1. The minimum absolute atomic E-state index is 0.0863. The topological polar surface area (TPSA) is 101 Å². The van der Waals surface area contributed by atoms with E-state index in [1.54, 1.807) is 42.5 Å². The van der Waals surface area contributed by atoms with E-state index >= 15 is 0 Å². The van der Waals surface area contributed by atoms with Crippen molar-refractivity contribution in [2.45, 2.75) is 10.8 Å². The highest BCUT2D eigenvalue weighted by molar-refractivity contribution is 7.92. The molecule has 0 amide bonds. The van der Waals surface area contributed by atoms with Crippen molar-refractivity contribution < 1.29 is 23.1 Å². The predicted octanol–water partition coefficient (Wildman–Crippen LogP) is 5.04. The number of rotatable bonds is 4. The minimum Gasteiger partial charge on any atom is -0.508 e. The normalized spacial score (nSPS) is 13.1. The lowest BCUT2D eigenvalue weighted by atomic mass is 9.94. The lowest BCUT2D eigenvalue weighted by Crippen LogP contribution is -2.12. The molecule has 2 N–H and O–H groups in total. The summed E-state index contributed by atoms with van der Waals surface area (Å²) in [6.45, 7) is 0. The highest BCUT2D eigenvalue weighted by atomic mass is 32.2. The Morgan fingerprint density at radius 1 is 0.618 bits per heavy atom. The first kappa shape index (κ1) is 22.9. The average Bonchev–Trinajstić information content (AvgIpc) is 3.12. The fourth-order valence-corrected chi connectivity index (χ4v) is 4.71. The molecule has 0 unspecified atom stereocenters. The molecule has 0 bridgehead atoms. The van der Waals surface area contributed by atoms with E-state index in [-0.39, 0.29) is 22.2 Å². The number of anilines is 1. The fraction of sp³-hybridized carbons (Fsp3) is 0.0370. The van der Waals surface area contributed by atoms with E-state index < -0.39 is 15.9 Å². The number of hydrogen-bond acceptors (Lipinski definition) is 5. The molecule has 7 heteroatoms. The van der Waals surface area contributed by atoms with Gasteiger partial charge in [0.25, 0.3) is 10.0 Å². The molecule has 0 heterocycles. The zero-order valence-corrected chi connectivity index (χ0v) is 18.8. The second-order valence-corrected chi connectivity index (χ2v) is 9.27. The largest absolute Gasteiger partial charge is 0.508 e. The first-order valence-corrected chi connectivity index (χ1v) is 11.9. The van der Waals surface area contributed by atoms with Crippen LogP contribution in [0.4, 0.5) is 5.69 Å². The number of Topliss-reactive ketones (excluding diaryl/α,β-unsaturated/α-hetero) is 2. The zero-order valence-electron chi connectivity index (χ0n) is 18.0.